The molecule has 0 atom stereocenters. The molecular formula is C63H38N4O2. The van der Waals surface area contributed by atoms with Crippen molar-refractivity contribution in [1.82, 2.24) is 19.5 Å². The number of hydrogen-bond donors (Lipinski definition) is 0. The van der Waals surface area contributed by atoms with Gasteiger partial charge in [-0.25, -0.2) is 15.0 Å². The van der Waals surface area contributed by atoms with E-state index in [1.54, 1.807) is 0 Å². The summed E-state index contributed by atoms with van der Waals surface area (Å²) in [4.78, 5) is 14.9. The van der Waals surface area contributed by atoms with E-state index in [4.69, 9.17) is 23.8 Å². The van der Waals surface area contributed by atoms with Crippen LogP contribution in [0.2, 0.25) is 0 Å². The molecule has 6 nitrogen and oxygen atoms in total. The molecule has 0 saturated heterocycles. The Bertz CT molecular complexity index is 4250. The Hall–Kier alpha value is -9.39. The summed E-state index contributed by atoms with van der Waals surface area (Å²) in [6.45, 7) is 0. The first kappa shape index (κ1) is 38.8. The normalized spacial score (nSPS) is 11.8. The molecule has 0 unspecified atom stereocenters. The first-order valence-electron chi connectivity index (χ1n) is 23.2. The average molecular weight is 883 g/mol. The van der Waals surface area contributed by atoms with E-state index < -0.39 is 0 Å². The molecule has 4 heterocycles. The lowest BCUT2D eigenvalue weighted by Crippen LogP contribution is -2.00. The van der Waals surface area contributed by atoms with Crippen molar-refractivity contribution >= 4 is 65.7 Å². The molecular weight excluding hydrogens is 845 g/mol. The van der Waals surface area contributed by atoms with Gasteiger partial charge in [-0.1, -0.05) is 170 Å². The number of benzene rings is 10. The number of aromatic nitrogens is 4. The van der Waals surface area contributed by atoms with Crippen molar-refractivity contribution in [3.63, 3.8) is 0 Å². The van der Waals surface area contributed by atoms with Gasteiger partial charge in [-0.15, -0.1) is 0 Å². The molecule has 10 aromatic carbocycles. The Labute approximate surface area is 396 Å². The van der Waals surface area contributed by atoms with E-state index in [0.717, 1.165) is 99.5 Å². The molecule has 6 heteroatoms. The Morgan fingerprint density at radius 2 is 0.870 bits per heavy atom. The molecule has 0 aliphatic carbocycles. The largest absolute Gasteiger partial charge is 0.456 e. The molecule has 14 rings (SSSR count). The molecule has 0 fully saturated rings. The van der Waals surface area contributed by atoms with Crippen LogP contribution in [0.1, 0.15) is 0 Å². The first-order chi connectivity index (χ1) is 34.2. The molecule has 0 spiro atoms. The van der Waals surface area contributed by atoms with Crippen molar-refractivity contribution in [3.8, 4) is 73.2 Å². The Morgan fingerprint density at radius 1 is 0.290 bits per heavy atom. The average Bonchev–Trinajstić information content (AvgIpc) is 4.10. The second-order valence-electron chi connectivity index (χ2n) is 17.5. The second-order valence-corrected chi connectivity index (χ2v) is 17.5. The lowest BCUT2D eigenvalue weighted by atomic mass is 9.96. The van der Waals surface area contributed by atoms with Crippen LogP contribution in [0.4, 0.5) is 0 Å². The van der Waals surface area contributed by atoms with Gasteiger partial charge in [-0.3, -0.25) is 0 Å². The van der Waals surface area contributed by atoms with Crippen LogP contribution in [0.25, 0.3) is 139 Å². The van der Waals surface area contributed by atoms with Crippen LogP contribution in [0.15, 0.2) is 239 Å². The summed E-state index contributed by atoms with van der Waals surface area (Å²) in [5.74, 6) is 1.87. The lowest BCUT2D eigenvalue weighted by Gasteiger charge is -2.10. The van der Waals surface area contributed by atoms with Crippen molar-refractivity contribution < 1.29 is 8.83 Å². The third-order valence-electron chi connectivity index (χ3n) is 13.5. The lowest BCUT2D eigenvalue weighted by molar-refractivity contribution is 0.668. The molecule has 0 bridgehead atoms. The van der Waals surface area contributed by atoms with Crippen molar-refractivity contribution in [3.05, 3.63) is 231 Å². The zero-order chi connectivity index (χ0) is 45.4. The van der Waals surface area contributed by atoms with Gasteiger partial charge >= 0.3 is 0 Å². The summed E-state index contributed by atoms with van der Waals surface area (Å²) in [5.41, 5.74) is 16.0. The van der Waals surface area contributed by atoms with Crippen molar-refractivity contribution in [2.45, 2.75) is 0 Å². The zero-order valence-corrected chi connectivity index (χ0v) is 37.0. The van der Waals surface area contributed by atoms with Gasteiger partial charge in [0.25, 0.3) is 0 Å². The maximum Gasteiger partial charge on any atom is 0.164 e. The topological polar surface area (TPSA) is 69.9 Å². The van der Waals surface area contributed by atoms with Crippen LogP contribution >= 0.6 is 0 Å². The number of fused-ring (bicyclic) bond motifs is 9. The van der Waals surface area contributed by atoms with Gasteiger partial charge in [0.2, 0.25) is 0 Å². The van der Waals surface area contributed by atoms with Crippen LogP contribution in [-0.2, 0) is 0 Å². The Balaban J connectivity index is 0.849. The van der Waals surface area contributed by atoms with E-state index in [9.17, 15) is 0 Å². The predicted molar refractivity (Wildman–Crippen MR) is 281 cm³/mol. The fourth-order valence-corrected chi connectivity index (χ4v) is 10.2. The quantitative estimate of drug-likeness (QED) is 0.159. The SMILES string of the molecule is c1ccc(-c2ccc3c(c2)c2ccccc2n3-c2ccc3c(c2)oc2ccc(-c4cccc5c4oc4cccc(-c6cccc(-c7nc(-c8ccccc8)nc(-c8ccccc8)n7)c6)c45)cc23)cc1. The van der Waals surface area contributed by atoms with E-state index >= 15 is 0 Å². The second kappa shape index (κ2) is 15.6. The smallest absolute Gasteiger partial charge is 0.164 e. The van der Waals surface area contributed by atoms with Gasteiger partial charge in [-0.05, 0) is 82.4 Å². The number of para-hydroxylation sites is 2. The molecule has 0 saturated carbocycles. The summed E-state index contributed by atoms with van der Waals surface area (Å²) in [7, 11) is 0. The van der Waals surface area contributed by atoms with E-state index in [-0.39, 0.29) is 0 Å². The first-order valence-corrected chi connectivity index (χ1v) is 23.2. The molecule has 69 heavy (non-hydrogen) atoms. The monoisotopic (exact) mass is 882 g/mol. The molecule has 14 aromatic rings. The Morgan fingerprint density at radius 3 is 1.65 bits per heavy atom. The van der Waals surface area contributed by atoms with Gasteiger partial charge in [0.15, 0.2) is 17.5 Å². The van der Waals surface area contributed by atoms with Gasteiger partial charge in [0, 0.05) is 66.3 Å². The summed E-state index contributed by atoms with van der Waals surface area (Å²) in [5, 5.41) is 6.66. The Kier molecular flexibility index (Phi) is 8.79. The summed E-state index contributed by atoms with van der Waals surface area (Å²) < 4.78 is 15.8. The number of hydrogen-bond acceptors (Lipinski definition) is 5. The van der Waals surface area contributed by atoms with Crippen LogP contribution in [0, 0.1) is 0 Å². The fourth-order valence-electron chi connectivity index (χ4n) is 10.2. The highest BCUT2D eigenvalue weighted by Gasteiger charge is 2.20. The van der Waals surface area contributed by atoms with E-state index in [0.29, 0.717) is 17.5 Å². The van der Waals surface area contributed by atoms with Gasteiger partial charge in [0.1, 0.15) is 22.3 Å². The molecule has 0 N–H and O–H groups in total. The molecule has 322 valence electrons. The highest BCUT2D eigenvalue weighted by atomic mass is 16.3. The number of rotatable bonds is 7. The van der Waals surface area contributed by atoms with Crippen LogP contribution in [0.5, 0.6) is 0 Å². The highest BCUT2D eigenvalue weighted by Crippen LogP contribution is 2.43. The van der Waals surface area contributed by atoms with E-state index in [1.165, 1.54) is 21.9 Å². The fraction of sp³-hybridized carbons (Fsp3) is 0. The molecule has 0 amide bonds. The molecule has 0 aliphatic heterocycles. The maximum absolute atomic E-state index is 6.83. The van der Waals surface area contributed by atoms with E-state index in [2.05, 4.69) is 174 Å². The predicted octanol–water partition coefficient (Wildman–Crippen LogP) is 16.8. The molecule has 0 aliphatic rings. The summed E-state index contributed by atoms with van der Waals surface area (Å²) in [6, 6.07) is 80.3. The summed E-state index contributed by atoms with van der Waals surface area (Å²) in [6.07, 6.45) is 0. The van der Waals surface area contributed by atoms with Crippen LogP contribution < -0.4 is 0 Å². The van der Waals surface area contributed by atoms with Crippen molar-refractivity contribution in [2.24, 2.45) is 0 Å². The minimum absolute atomic E-state index is 0.610. The van der Waals surface area contributed by atoms with Crippen LogP contribution in [-0.4, -0.2) is 19.5 Å². The maximum atomic E-state index is 6.83. The van der Waals surface area contributed by atoms with Gasteiger partial charge in [0.05, 0.1) is 11.0 Å². The number of furan rings is 2. The van der Waals surface area contributed by atoms with Crippen molar-refractivity contribution in [1.29, 1.82) is 0 Å². The minimum Gasteiger partial charge on any atom is -0.456 e. The standard InChI is InChI=1S/C63H38N4O2/c1-4-15-39(16-5-1)42-29-33-55-52(36-42)49-23-10-11-27-54(49)67(55)46-31-32-50-53-37-44(30-34-56(53)68-58(50)38-46)48-25-13-26-51-59-47(24-14-28-57(59)69-60(48)51)43-21-12-22-45(35-43)63-65-61(40-17-6-2-7-18-40)64-62(66-63)41-19-8-3-9-20-41/h1-38H. The van der Waals surface area contributed by atoms with Crippen molar-refractivity contribution in [2.75, 3.05) is 0 Å². The molecule has 0 radical (unpaired) electrons. The number of nitrogens with zero attached hydrogens (tertiary/aromatic N) is 4. The zero-order valence-electron chi connectivity index (χ0n) is 37.0. The summed E-state index contributed by atoms with van der Waals surface area (Å²) >= 11 is 0. The highest BCUT2D eigenvalue weighted by molar-refractivity contribution is 6.16. The minimum atomic E-state index is 0.610. The third kappa shape index (κ3) is 6.45. The molecule has 4 aromatic heterocycles. The third-order valence-corrected chi connectivity index (χ3v) is 13.5. The van der Waals surface area contributed by atoms with E-state index in [1.807, 2.05) is 60.7 Å². The van der Waals surface area contributed by atoms with Crippen LogP contribution in [0.3, 0.4) is 0 Å². The van der Waals surface area contributed by atoms with Gasteiger partial charge in [-0.2, -0.15) is 0 Å². The van der Waals surface area contributed by atoms with Gasteiger partial charge < -0.3 is 13.4 Å².